The van der Waals surface area contributed by atoms with Crippen molar-refractivity contribution >= 4 is 5.82 Å². The highest BCUT2D eigenvalue weighted by atomic mass is 15.0. The number of anilines is 1. The molecule has 0 bridgehead atoms. The zero-order valence-electron chi connectivity index (χ0n) is 10.3. The topological polar surface area (TPSA) is 74.5 Å². The second-order valence-corrected chi connectivity index (χ2v) is 3.91. The maximum atomic E-state index is 9.00. The standard InChI is InChI=1S/C13H13N5/c1-9-3-4-11(7-14)13(17-9)16-8-12-5-6-15-10(2)18-12/h3-6H,8H2,1-2H3,(H,16,17). The van der Waals surface area contributed by atoms with E-state index >= 15 is 0 Å². The van der Waals surface area contributed by atoms with Crippen LogP contribution in [-0.4, -0.2) is 15.0 Å². The third kappa shape index (κ3) is 2.80. The highest BCUT2D eigenvalue weighted by Gasteiger charge is 2.04. The van der Waals surface area contributed by atoms with Crippen LogP contribution < -0.4 is 5.32 Å². The van der Waals surface area contributed by atoms with Gasteiger partial charge in [0.25, 0.3) is 0 Å². The molecule has 18 heavy (non-hydrogen) atoms. The van der Waals surface area contributed by atoms with Gasteiger partial charge in [0.1, 0.15) is 17.7 Å². The lowest BCUT2D eigenvalue weighted by molar-refractivity contribution is 0.947. The molecule has 1 N–H and O–H groups in total. The minimum atomic E-state index is 0.522. The van der Waals surface area contributed by atoms with Gasteiger partial charge in [-0.1, -0.05) is 0 Å². The highest BCUT2D eigenvalue weighted by molar-refractivity contribution is 5.52. The first-order chi connectivity index (χ1) is 8.69. The summed E-state index contributed by atoms with van der Waals surface area (Å²) in [5, 5.41) is 12.1. The maximum Gasteiger partial charge on any atom is 0.144 e. The highest BCUT2D eigenvalue weighted by Crippen LogP contribution is 2.13. The summed E-state index contributed by atoms with van der Waals surface area (Å²) in [6.45, 7) is 4.25. The first kappa shape index (κ1) is 12.0. The van der Waals surface area contributed by atoms with E-state index in [9.17, 15) is 0 Å². The molecule has 0 aliphatic rings. The van der Waals surface area contributed by atoms with Crippen LogP contribution in [0.4, 0.5) is 5.82 Å². The van der Waals surface area contributed by atoms with Crippen molar-refractivity contribution in [2.24, 2.45) is 0 Å². The molecule has 5 nitrogen and oxygen atoms in total. The summed E-state index contributed by atoms with van der Waals surface area (Å²) in [7, 11) is 0. The number of aromatic nitrogens is 3. The van der Waals surface area contributed by atoms with Crippen molar-refractivity contribution in [1.82, 2.24) is 15.0 Å². The van der Waals surface area contributed by atoms with E-state index in [1.807, 2.05) is 26.0 Å². The van der Waals surface area contributed by atoms with Crippen molar-refractivity contribution in [3.05, 3.63) is 47.2 Å². The lowest BCUT2D eigenvalue weighted by Crippen LogP contribution is -2.06. The van der Waals surface area contributed by atoms with E-state index in [0.717, 1.165) is 17.2 Å². The smallest absolute Gasteiger partial charge is 0.144 e. The van der Waals surface area contributed by atoms with Crippen LogP contribution in [0, 0.1) is 25.2 Å². The number of hydrogen-bond acceptors (Lipinski definition) is 5. The number of pyridine rings is 1. The molecule has 0 saturated heterocycles. The lowest BCUT2D eigenvalue weighted by Gasteiger charge is -2.07. The van der Waals surface area contributed by atoms with E-state index in [1.54, 1.807) is 12.3 Å². The molecular formula is C13H13N5. The number of hydrogen-bond donors (Lipinski definition) is 1. The number of nitrogens with zero attached hydrogens (tertiary/aromatic N) is 4. The van der Waals surface area contributed by atoms with E-state index < -0.39 is 0 Å². The summed E-state index contributed by atoms with van der Waals surface area (Å²) in [5.74, 6) is 1.32. The molecule has 0 aromatic carbocycles. The van der Waals surface area contributed by atoms with Crippen LogP contribution in [0.15, 0.2) is 24.4 Å². The Morgan fingerprint density at radius 1 is 1.22 bits per heavy atom. The molecule has 0 amide bonds. The molecular weight excluding hydrogens is 226 g/mol. The Morgan fingerprint density at radius 3 is 2.78 bits per heavy atom. The molecule has 0 unspecified atom stereocenters. The normalized spacial score (nSPS) is 9.83. The van der Waals surface area contributed by atoms with Gasteiger partial charge in [-0.05, 0) is 32.0 Å². The second kappa shape index (κ2) is 5.23. The van der Waals surface area contributed by atoms with Gasteiger partial charge in [-0.25, -0.2) is 15.0 Å². The van der Waals surface area contributed by atoms with Crippen LogP contribution in [0.25, 0.3) is 0 Å². The molecule has 2 aromatic heterocycles. The number of aryl methyl sites for hydroxylation is 2. The van der Waals surface area contributed by atoms with Crippen molar-refractivity contribution in [3.8, 4) is 6.07 Å². The van der Waals surface area contributed by atoms with Gasteiger partial charge in [0.15, 0.2) is 0 Å². The van der Waals surface area contributed by atoms with Crippen molar-refractivity contribution < 1.29 is 0 Å². The summed E-state index contributed by atoms with van der Waals surface area (Å²) in [6, 6.07) is 7.53. The molecule has 90 valence electrons. The first-order valence-corrected chi connectivity index (χ1v) is 5.59. The molecule has 0 aliphatic heterocycles. The third-order valence-corrected chi connectivity index (χ3v) is 2.43. The average molecular weight is 239 g/mol. The monoisotopic (exact) mass is 239 g/mol. The Hall–Kier alpha value is -2.48. The van der Waals surface area contributed by atoms with Crippen LogP contribution in [0.2, 0.25) is 0 Å². The average Bonchev–Trinajstić information content (AvgIpc) is 2.37. The largest absolute Gasteiger partial charge is 0.363 e. The summed E-state index contributed by atoms with van der Waals surface area (Å²) in [6.07, 6.45) is 1.72. The summed E-state index contributed by atoms with van der Waals surface area (Å²) in [5.41, 5.74) is 2.27. The number of nitrogens with one attached hydrogen (secondary N) is 1. The fraction of sp³-hybridized carbons (Fsp3) is 0.231. The lowest BCUT2D eigenvalue weighted by atomic mass is 10.2. The second-order valence-electron chi connectivity index (χ2n) is 3.91. The van der Waals surface area contributed by atoms with Crippen LogP contribution in [0.5, 0.6) is 0 Å². The predicted octanol–water partition coefficient (Wildman–Crippen LogP) is 1.97. The summed E-state index contributed by atoms with van der Waals surface area (Å²) < 4.78 is 0. The molecule has 2 aromatic rings. The quantitative estimate of drug-likeness (QED) is 0.886. The first-order valence-electron chi connectivity index (χ1n) is 5.59. The van der Waals surface area contributed by atoms with Crippen LogP contribution >= 0.6 is 0 Å². The van der Waals surface area contributed by atoms with E-state index in [1.165, 1.54) is 0 Å². The van der Waals surface area contributed by atoms with E-state index in [2.05, 4.69) is 26.3 Å². The fourth-order valence-corrected chi connectivity index (χ4v) is 1.56. The van der Waals surface area contributed by atoms with Gasteiger partial charge in [-0.3, -0.25) is 0 Å². The SMILES string of the molecule is Cc1ccc(C#N)c(NCc2ccnc(C)n2)n1. The molecule has 0 aliphatic carbocycles. The van der Waals surface area contributed by atoms with Crippen LogP contribution in [0.3, 0.4) is 0 Å². The molecule has 0 spiro atoms. The Labute approximate surface area is 106 Å². The van der Waals surface area contributed by atoms with Crippen molar-refractivity contribution in [1.29, 1.82) is 5.26 Å². The van der Waals surface area contributed by atoms with Crippen LogP contribution in [-0.2, 0) is 6.54 Å². The van der Waals surface area contributed by atoms with Gasteiger partial charge in [0, 0.05) is 11.9 Å². The van der Waals surface area contributed by atoms with E-state index in [0.29, 0.717) is 17.9 Å². The fourth-order valence-electron chi connectivity index (χ4n) is 1.56. The number of nitriles is 1. The minimum Gasteiger partial charge on any atom is -0.363 e. The van der Waals surface area contributed by atoms with Gasteiger partial charge in [-0.15, -0.1) is 0 Å². The van der Waals surface area contributed by atoms with Crippen molar-refractivity contribution in [2.45, 2.75) is 20.4 Å². The Kier molecular flexibility index (Phi) is 3.49. The van der Waals surface area contributed by atoms with Gasteiger partial charge in [0.2, 0.25) is 0 Å². The molecule has 2 heterocycles. The van der Waals surface area contributed by atoms with E-state index in [-0.39, 0.29) is 0 Å². The number of rotatable bonds is 3. The van der Waals surface area contributed by atoms with Crippen molar-refractivity contribution in [3.63, 3.8) is 0 Å². The third-order valence-electron chi connectivity index (χ3n) is 2.43. The molecule has 5 heteroatoms. The zero-order chi connectivity index (χ0) is 13.0. The Bertz CT molecular complexity index is 601. The predicted molar refractivity (Wildman–Crippen MR) is 67.8 cm³/mol. The Morgan fingerprint density at radius 2 is 2.06 bits per heavy atom. The van der Waals surface area contributed by atoms with E-state index in [4.69, 9.17) is 5.26 Å². The van der Waals surface area contributed by atoms with Crippen LogP contribution in [0.1, 0.15) is 22.8 Å². The van der Waals surface area contributed by atoms with Crippen molar-refractivity contribution in [2.75, 3.05) is 5.32 Å². The molecule has 2 rings (SSSR count). The van der Waals surface area contributed by atoms with Gasteiger partial charge < -0.3 is 5.32 Å². The molecule has 0 fully saturated rings. The Balaban J connectivity index is 2.15. The molecule has 0 saturated carbocycles. The molecule has 0 atom stereocenters. The summed E-state index contributed by atoms with van der Waals surface area (Å²) in [4.78, 5) is 12.6. The van der Waals surface area contributed by atoms with Gasteiger partial charge >= 0.3 is 0 Å². The zero-order valence-corrected chi connectivity index (χ0v) is 10.3. The molecule has 0 radical (unpaired) electrons. The van der Waals surface area contributed by atoms with Gasteiger partial charge in [-0.2, -0.15) is 5.26 Å². The van der Waals surface area contributed by atoms with Gasteiger partial charge in [0.05, 0.1) is 17.8 Å². The maximum absolute atomic E-state index is 9.00. The minimum absolute atomic E-state index is 0.522. The summed E-state index contributed by atoms with van der Waals surface area (Å²) >= 11 is 0.